The second kappa shape index (κ2) is 7.12. The van der Waals surface area contributed by atoms with Crippen LogP contribution in [0.3, 0.4) is 0 Å². The van der Waals surface area contributed by atoms with Gasteiger partial charge in [0.15, 0.2) is 0 Å². The van der Waals surface area contributed by atoms with Crippen molar-refractivity contribution in [2.75, 3.05) is 13.2 Å². The summed E-state index contributed by atoms with van der Waals surface area (Å²) >= 11 is 0. The van der Waals surface area contributed by atoms with Gasteiger partial charge < -0.3 is 10.1 Å². The zero-order valence-electron chi connectivity index (χ0n) is 12.4. The Balaban J connectivity index is 1.35. The molecule has 2 heteroatoms. The number of para-hydroxylation sites is 1. The molecule has 20 heavy (non-hydrogen) atoms. The summed E-state index contributed by atoms with van der Waals surface area (Å²) < 4.78 is 5.74. The molecule has 0 amide bonds. The van der Waals surface area contributed by atoms with Crippen molar-refractivity contribution in [3.63, 3.8) is 0 Å². The number of ether oxygens (including phenoxy) is 1. The van der Waals surface area contributed by atoms with Crippen LogP contribution in [-0.4, -0.2) is 19.2 Å². The lowest BCUT2D eigenvalue weighted by molar-refractivity contribution is 0.141. The van der Waals surface area contributed by atoms with Gasteiger partial charge in [-0.2, -0.15) is 0 Å². The Morgan fingerprint density at radius 1 is 0.950 bits per heavy atom. The molecule has 2 aliphatic carbocycles. The van der Waals surface area contributed by atoms with E-state index in [9.17, 15) is 0 Å². The van der Waals surface area contributed by atoms with E-state index in [0.717, 1.165) is 36.8 Å². The molecule has 2 aliphatic rings. The highest BCUT2D eigenvalue weighted by Gasteiger charge is 2.31. The first-order valence-electron chi connectivity index (χ1n) is 8.33. The largest absolute Gasteiger partial charge is 0.492 e. The average Bonchev–Trinajstić information content (AvgIpc) is 2.52. The second-order valence-electron chi connectivity index (χ2n) is 6.43. The van der Waals surface area contributed by atoms with Crippen molar-refractivity contribution in [2.24, 2.45) is 11.8 Å². The lowest BCUT2D eigenvalue weighted by Crippen LogP contribution is -2.40. The van der Waals surface area contributed by atoms with Gasteiger partial charge in [0.1, 0.15) is 12.4 Å². The van der Waals surface area contributed by atoms with Gasteiger partial charge in [-0.05, 0) is 43.2 Å². The van der Waals surface area contributed by atoms with Crippen molar-refractivity contribution in [2.45, 2.75) is 51.0 Å². The van der Waals surface area contributed by atoms with Crippen molar-refractivity contribution in [1.29, 1.82) is 0 Å². The van der Waals surface area contributed by atoms with E-state index in [1.165, 1.54) is 44.9 Å². The molecule has 2 saturated carbocycles. The van der Waals surface area contributed by atoms with Gasteiger partial charge >= 0.3 is 0 Å². The van der Waals surface area contributed by atoms with Crippen LogP contribution in [0.25, 0.3) is 0 Å². The Morgan fingerprint density at radius 2 is 1.75 bits per heavy atom. The van der Waals surface area contributed by atoms with Gasteiger partial charge in [0.25, 0.3) is 0 Å². The van der Waals surface area contributed by atoms with E-state index in [4.69, 9.17) is 4.74 Å². The molecule has 1 aromatic carbocycles. The fourth-order valence-electron chi connectivity index (χ4n) is 4.01. The van der Waals surface area contributed by atoms with Crippen LogP contribution < -0.4 is 10.1 Å². The molecule has 0 aromatic heterocycles. The van der Waals surface area contributed by atoms with Gasteiger partial charge in [-0.1, -0.05) is 43.9 Å². The monoisotopic (exact) mass is 273 g/mol. The summed E-state index contributed by atoms with van der Waals surface area (Å²) in [5.74, 6) is 3.03. The van der Waals surface area contributed by atoms with Crippen LogP contribution in [0.1, 0.15) is 44.9 Å². The Kier molecular flexibility index (Phi) is 4.96. The highest BCUT2D eigenvalue weighted by molar-refractivity contribution is 5.20. The molecule has 3 rings (SSSR count). The third kappa shape index (κ3) is 3.76. The number of benzene rings is 1. The van der Waals surface area contributed by atoms with Gasteiger partial charge in [-0.3, -0.25) is 0 Å². The van der Waals surface area contributed by atoms with Crippen molar-refractivity contribution in [3.05, 3.63) is 30.3 Å². The van der Waals surface area contributed by atoms with Crippen LogP contribution in [0.2, 0.25) is 0 Å². The van der Waals surface area contributed by atoms with Crippen LogP contribution in [0.15, 0.2) is 30.3 Å². The Morgan fingerprint density at radius 3 is 2.60 bits per heavy atom. The van der Waals surface area contributed by atoms with Crippen LogP contribution in [0.4, 0.5) is 0 Å². The van der Waals surface area contributed by atoms with Gasteiger partial charge in [-0.25, -0.2) is 0 Å². The van der Waals surface area contributed by atoms with Crippen molar-refractivity contribution in [1.82, 2.24) is 5.32 Å². The summed E-state index contributed by atoms with van der Waals surface area (Å²) in [5.41, 5.74) is 0. The normalized spacial score (nSPS) is 29.7. The standard InChI is InChI=1S/C18H27NO/c1-2-8-18(9-3-1)20-13-12-19-17-11-10-15-6-4-5-7-16(15)14-17/h1-3,8-9,15-17,19H,4-7,10-14H2. The van der Waals surface area contributed by atoms with Gasteiger partial charge in [0.2, 0.25) is 0 Å². The number of hydrogen-bond donors (Lipinski definition) is 1. The molecule has 2 nitrogen and oxygen atoms in total. The topological polar surface area (TPSA) is 21.3 Å². The predicted octanol–water partition coefficient (Wildman–Crippen LogP) is 4.01. The highest BCUT2D eigenvalue weighted by Crippen LogP contribution is 2.40. The third-order valence-corrected chi connectivity index (χ3v) is 5.09. The highest BCUT2D eigenvalue weighted by atomic mass is 16.5. The Hall–Kier alpha value is -1.02. The molecule has 0 spiro atoms. The number of nitrogens with one attached hydrogen (secondary N) is 1. The van der Waals surface area contributed by atoms with Crippen molar-refractivity contribution >= 4 is 0 Å². The molecule has 0 radical (unpaired) electrons. The molecule has 0 saturated heterocycles. The molecule has 110 valence electrons. The maximum Gasteiger partial charge on any atom is 0.119 e. The maximum absolute atomic E-state index is 5.74. The molecular formula is C18H27NO. The Labute approximate surface area is 122 Å². The van der Waals surface area contributed by atoms with E-state index < -0.39 is 0 Å². The zero-order chi connectivity index (χ0) is 13.6. The van der Waals surface area contributed by atoms with Crippen molar-refractivity contribution in [3.8, 4) is 5.75 Å². The SMILES string of the molecule is c1ccc(OCCNC2CCC3CCCCC3C2)cc1. The smallest absolute Gasteiger partial charge is 0.119 e. The lowest BCUT2D eigenvalue weighted by atomic mass is 9.69. The molecule has 2 fully saturated rings. The first kappa shape index (κ1) is 13.9. The molecule has 1 N–H and O–H groups in total. The number of rotatable bonds is 5. The molecule has 1 aromatic rings. The van der Waals surface area contributed by atoms with Crippen molar-refractivity contribution < 1.29 is 4.74 Å². The molecule has 3 unspecified atom stereocenters. The van der Waals surface area contributed by atoms with Gasteiger partial charge in [-0.15, -0.1) is 0 Å². The van der Waals surface area contributed by atoms with Crippen LogP contribution in [0, 0.1) is 11.8 Å². The molecule has 3 atom stereocenters. The molecule has 0 bridgehead atoms. The molecular weight excluding hydrogens is 246 g/mol. The summed E-state index contributed by atoms with van der Waals surface area (Å²) in [5, 5.41) is 3.70. The predicted molar refractivity (Wildman–Crippen MR) is 83.0 cm³/mol. The van der Waals surface area contributed by atoms with Gasteiger partial charge in [0, 0.05) is 12.6 Å². The summed E-state index contributed by atoms with van der Waals surface area (Å²) in [7, 11) is 0. The summed E-state index contributed by atoms with van der Waals surface area (Å²) in [6.45, 7) is 1.74. The minimum atomic E-state index is 0.730. The fourth-order valence-corrected chi connectivity index (χ4v) is 4.01. The van der Waals surface area contributed by atoms with Gasteiger partial charge in [0.05, 0.1) is 0 Å². The average molecular weight is 273 g/mol. The molecule has 0 aliphatic heterocycles. The van der Waals surface area contributed by atoms with Crippen LogP contribution in [0.5, 0.6) is 5.75 Å². The maximum atomic E-state index is 5.74. The second-order valence-corrected chi connectivity index (χ2v) is 6.43. The van der Waals surface area contributed by atoms with E-state index in [0.29, 0.717) is 0 Å². The zero-order valence-corrected chi connectivity index (χ0v) is 12.4. The molecule has 0 heterocycles. The first-order valence-corrected chi connectivity index (χ1v) is 8.33. The summed E-state index contributed by atoms with van der Waals surface area (Å²) in [6.07, 6.45) is 10.1. The lowest BCUT2D eigenvalue weighted by Gasteiger charge is -2.39. The number of fused-ring (bicyclic) bond motifs is 1. The minimum Gasteiger partial charge on any atom is -0.492 e. The fraction of sp³-hybridized carbons (Fsp3) is 0.667. The van der Waals surface area contributed by atoms with E-state index >= 15 is 0 Å². The minimum absolute atomic E-state index is 0.730. The quantitative estimate of drug-likeness (QED) is 0.818. The van der Waals surface area contributed by atoms with Crippen LogP contribution >= 0.6 is 0 Å². The summed E-state index contributed by atoms with van der Waals surface area (Å²) in [4.78, 5) is 0. The van der Waals surface area contributed by atoms with E-state index in [1.54, 1.807) is 0 Å². The third-order valence-electron chi connectivity index (χ3n) is 5.09. The summed E-state index contributed by atoms with van der Waals surface area (Å²) in [6, 6.07) is 10.8. The Bertz CT molecular complexity index is 392. The van der Waals surface area contributed by atoms with E-state index in [1.807, 2.05) is 30.3 Å². The first-order chi connectivity index (χ1) is 9.92. The van der Waals surface area contributed by atoms with E-state index in [2.05, 4.69) is 5.32 Å². The van der Waals surface area contributed by atoms with Crippen LogP contribution in [-0.2, 0) is 0 Å². The number of hydrogen-bond acceptors (Lipinski definition) is 2. The van der Waals surface area contributed by atoms with E-state index in [-0.39, 0.29) is 0 Å².